The van der Waals surface area contributed by atoms with Gasteiger partial charge in [-0.2, -0.15) is 0 Å². The number of rotatable bonds is 6. The summed E-state index contributed by atoms with van der Waals surface area (Å²) in [6.45, 7) is 2.38. The van der Waals surface area contributed by atoms with Crippen LogP contribution in [0.25, 0.3) is 0 Å². The summed E-state index contributed by atoms with van der Waals surface area (Å²) in [5, 5.41) is 14.8. The maximum absolute atomic E-state index is 11.4. The summed E-state index contributed by atoms with van der Waals surface area (Å²) in [6, 6.07) is 9.95. The van der Waals surface area contributed by atoms with E-state index in [0.717, 1.165) is 11.3 Å². The minimum atomic E-state index is -0.433. The molecular formula is C13H15BN4O2. The number of hydrogen-bond acceptors (Lipinski definition) is 5. The van der Waals surface area contributed by atoms with Gasteiger partial charge in [0.2, 0.25) is 0 Å². The molecule has 0 aliphatic rings. The molecule has 0 aliphatic carbocycles. The number of nitrogens with zero attached hydrogens (tertiary/aromatic N) is 3. The SMILES string of the molecule is C[C@@H](Cc1cn(Cc2ccccc2)nn1)C(=O)OB=N. The number of carbonyl (C=O) groups is 1. The van der Waals surface area contributed by atoms with Crippen molar-refractivity contribution in [3.8, 4) is 0 Å². The molecule has 0 radical (unpaired) electrons. The van der Waals surface area contributed by atoms with Gasteiger partial charge in [-0.25, -0.2) is 0 Å². The van der Waals surface area contributed by atoms with E-state index < -0.39 is 5.97 Å². The molecule has 1 aromatic carbocycles. The van der Waals surface area contributed by atoms with Gasteiger partial charge in [0.25, 0.3) is 0 Å². The zero-order valence-corrected chi connectivity index (χ0v) is 11.2. The molecule has 20 heavy (non-hydrogen) atoms. The fourth-order valence-electron chi connectivity index (χ4n) is 1.85. The first kappa shape index (κ1) is 14.1. The van der Waals surface area contributed by atoms with Crippen molar-refractivity contribution in [1.82, 2.24) is 15.0 Å². The van der Waals surface area contributed by atoms with Crippen LogP contribution in [0.2, 0.25) is 0 Å². The molecule has 0 aliphatic heterocycles. The second kappa shape index (κ2) is 6.74. The molecule has 1 atom stereocenters. The van der Waals surface area contributed by atoms with Crippen LogP contribution in [0.4, 0.5) is 0 Å². The molecule has 1 heterocycles. The summed E-state index contributed by atoms with van der Waals surface area (Å²) in [5.74, 6) is -0.781. The van der Waals surface area contributed by atoms with E-state index in [1.54, 1.807) is 11.6 Å². The van der Waals surface area contributed by atoms with Crippen molar-refractivity contribution in [3.63, 3.8) is 0 Å². The van der Waals surface area contributed by atoms with Crippen LogP contribution in [-0.4, -0.2) is 28.2 Å². The summed E-state index contributed by atoms with van der Waals surface area (Å²) in [7, 11) is 0.644. The number of carbonyl (C=O) groups excluding carboxylic acids is 1. The van der Waals surface area contributed by atoms with Gasteiger partial charge in [-0.1, -0.05) is 0 Å². The number of hydrogen-bond donors (Lipinski definition) is 1. The van der Waals surface area contributed by atoms with Gasteiger partial charge in [0, 0.05) is 0 Å². The van der Waals surface area contributed by atoms with E-state index in [2.05, 4.69) is 15.0 Å². The minimum absolute atomic E-state index is 0.349. The molecule has 0 spiro atoms. The summed E-state index contributed by atoms with van der Waals surface area (Å²) in [4.78, 5) is 11.4. The summed E-state index contributed by atoms with van der Waals surface area (Å²) >= 11 is 0. The van der Waals surface area contributed by atoms with Gasteiger partial charge in [0.05, 0.1) is 0 Å². The van der Waals surface area contributed by atoms with E-state index >= 15 is 0 Å². The molecule has 0 amide bonds. The van der Waals surface area contributed by atoms with Crippen LogP contribution in [0, 0.1) is 11.2 Å². The zero-order valence-electron chi connectivity index (χ0n) is 11.2. The molecule has 7 heteroatoms. The van der Waals surface area contributed by atoms with E-state index in [1.807, 2.05) is 36.5 Å². The van der Waals surface area contributed by atoms with Crippen LogP contribution >= 0.6 is 0 Å². The van der Waals surface area contributed by atoms with Crippen molar-refractivity contribution < 1.29 is 9.45 Å². The molecule has 0 saturated heterocycles. The van der Waals surface area contributed by atoms with Crippen molar-refractivity contribution >= 4 is 13.2 Å². The molecule has 2 aromatic rings. The van der Waals surface area contributed by atoms with Crippen LogP contribution < -0.4 is 0 Å². The Bertz CT molecular complexity index is 585. The zero-order chi connectivity index (χ0) is 14.4. The molecular weight excluding hydrogens is 255 g/mol. The normalized spacial score (nSPS) is 11.7. The van der Waals surface area contributed by atoms with Gasteiger partial charge in [0.1, 0.15) is 0 Å². The number of nitrogens with one attached hydrogen (secondary N) is 1. The Hall–Kier alpha value is -2.31. The Kier molecular flexibility index (Phi) is 4.76. The Balaban J connectivity index is 1.95. The van der Waals surface area contributed by atoms with Gasteiger partial charge in [-0.3, -0.25) is 0 Å². The van der Waals surface area contributed by atoms with Crippen molar-refractivity contribution in [2.24, 2.45) is 5.92 Å². The summed E-state index contributed by atoms with van der Waals surface area (Å²) in [6.07, 6.45) is 2.27. The molecule has 0 fully saturated rings. The van der Waals surface area contributed by atoms with Crippen LogP contribution in [0.1, 0.15) is 18.2 Å². The Labute approximate surface area is 117 Å². The van der Waals surface area contributed by atoms with E-state index in [1.165, 1.54) is 0 Å². The topological polar surface area (TPSA) is 80.9 Å². The van der Waals surface area contributed by atoms with E-state index in [4.69, 9.17) is 5.31 Å². The third-order valence-electron chi connectivity index (χ3n) is 2.87. The predicted molar refractivity (Wildman–Crippen MR) is 73.0 cm³/mol. The molecule has 0 unspecified atom stereocenters. The molecule has 1 aromatic heterocycles. The van der Waals surface area contributed by atoms with E-state index in [0.29, 0.717) is 20.2 Å². The second-order valence-corrected chi connectivity index (χ2v) is 4.55. The van der Waals surface area contributed by atoms with E-state index in [-0.39, 0.29) is 5.92 Å². The molecule has 6 nitrogen and oxygen atoms in total. The average molecular weight is 270 g/mol. The first-order valence-electron chi connectivity index (χ1n) is 6.31. The first-order chi connectivity index (χ1) is 9.69. The first-order valence-corrected chi connectivity index (χ1v) is 6.31. The third kappa shape index (κ3) is 3.84. The van der Waals surface area contributed by atoms with Gasteiger partial charge in [0.15, 0.2) is 0 Å². The van der Waals surface area contributed by atoms with Crippen molar-refractivity contribution in [3.05, 3.63) is 47.8 Å². The molecule has 1 N–H and O–H groups in total. The predicted octanol–water partition coefficient (Wildman–Crippen LogP) is 1.43. The standard InChI is InChI=1S/C13H15BN4O2/c1-10(13(19)20-14-15)7-12-9-18(17-16-12)8-11-5-3-2-4-6-11/h2-6,9-10,15H,7-8H2,1H3/t10-/m0/s1. The number of benzene rings is 1. The molecule has 0 bridgehead atoms. The summed E-state index contributed by atoms with van der Waals surface area (Å²) in [5.41, 5.74) is 1.87. The average Bonchev–Trinajstić information content (AvgIpc) is 2.87. The van der Waals surface area contributed by atoms with Crippen LogP contribution in [0.3, 0.4) is 0 Å². The Morgan fingerprint density at radius 1 is 1.45 bits per heavy atom. The third-order valence-corrected chi connectivity index (χ3v) is 2.87. The van der Waals surface area contributed by atoms with Crippen LogP contribution in [0.5, 0.6) is 0 Å². The fourth-order valence-corrected chi connectivity index (χ4v) is 1.85. The Morgan fingerprint density at radius 3 is 2.90 bits per heavy atom. The molecule has 0 saturated carbocycles. The maximum atomic E-state index is 11.4. The molecule has 2 rings (SSSR count). The fraction of sp³-hybridized carbons (Fsp3) is 0.308. The van der Waals surface area contributed by atoms with Gasteiger partial charge < -0.3 is 0 Å². The van der Waals surface area contributed by atoms with Gasteiger partial charge in [-0.15, -0.1) is 0 Å². The van der Waals surface area contributed by atoms with Crippen molar-refractivity contribution in [2.45, 2.75) is 19.9 Å². The monoisotopic (exact) mass is 270 g/mol. The van der Waals surface area contributed by atoms with Gasteiger partial charge >= 0.3 is 117 Å². The van der Waals surface area contributed by atoms with Crippen LogP contribution in [0.15, 0.2) is 36.5 Å². The Morgan fingerprint density at radius 2 is 2.20 bits per heavy atom. The summed E-state index contributed by atoms with van der Waals surface area (Å²) < 4.78 is 6.26. The quantitative estimate of drug-likeness (QED) is 0.805. The van der Waals surface area contributed by atoms with Crippen LogP contribution in [-0.2, 0) is 22.4 Å². The van der Waals surface area contributed by atoms with E-state index in [9.17, 15) is 4.79 Å². The van der Waals surface area contributed by atoms with Gasteiger partial charge in [-0.05, 0) is 0 Å². The second-order valence-electron chi connectivity index (χ2n) is 4.55. The molecule has 102 valence electrons. The van der Waals surface area contributed by atoms with Crippen molar-refractivity contribution in [1.29, 1.82) is 5.31 Å². The van der Waals surface area contributed by atoms with Crippen molar-refractivity contribution in [2.75, 3.05) is 0 Å². The number of aromatic nitrogens is 3.